The van der Waals surface area contributed by atoms with E-state index in [0.29, 0.717) is 23.8 Å². The number of halogens is 1. The Morgan fingerprint density at radius 3 is 3.08 bits per heavy atom. The van der Waals surface area contributed by atoms with E-state index in [1.54, 1.807) is 6.08 Å². The highest BCUT2D eigenvalue weighted by Gasteiger charge is 2.35. The van der Waals surface area contributed by atoms with Gasteiger partial charge in [0, 0.05) is 21.3 Å². The molecule has 1 atom stereocenters. The smallest absolute Gasteiger partial charge is 0.244 e. The SMILES string of the molecule is C=CCOc1ccc(Br)cc1[C@@H]1C(C#N)=C(N)Oc2n[nH]c(C)c21. The molecule has 0 unspecified atom stereocenters. The maximum absolute atomic E-state index is 9.62. The molecule has 0 bridgehead atoms. The summed E-state index contributed by atoms with van der Waals surface area (Å²) in [6.45, 7) is 5.90. The van der Waals surface area contributed by atoms with Crippen molar-refractivity contribution in [1.29, 1.82) is 5.26 Å². The third-order valence-corrected chi connectivity index (χ3v) is 4.26. The van der Waals surface area contributed by atoms with E-state index in [9.17, 15) is 5.26 Å². The molecule has 2 heterocycles. The molecule has 7 heteroatoms. The lowest BCUT2D eigenvalue weighted by Crippen LogP contribution is -2.21. The molecule has 3 rings (SSSR count). The molecule has 0 radical (unpaired) electrons. The summed E-state index contributed by atoms with van der Waals surface area (Å²) in [6, 6.07) is 7.80. The highest BCUT2D eigenvalue weighted by atomic mass is 79.9. The number of ether oxygens (including phenoxy) is 2. The summed E-state index contributed by atoms with van der Waals surface area (Å²) in [6.07, 6.45) is 1.67. The van der Waals surface area contributed by atoms with Gasteiger partial charge in [-0.3, -0.25) is 5.10 Å². The van der Waals surface area contributed by atoms with Gasteiger partial charge >= 0.3 is 0 Å². The number of fused-ring (bicyclic) bond motifs is 1. The average Bonchev–Trinajstić information content (AvgIpc) is 2.93. The molecule has 1 aliphatic rings. The summed E-state index contributed by atoms with van der Waals surface area (Å²) in [5, 5.41) is 16.6. The molecule has 1 aliphatic heterocycles. The zero-order chi connectivity index (χ0) is 17.3. The van der Waals surface area contributed by atoms with E-state index in [2.05, 4.69) is 38.8 Å². The predicted molar refractivity (Wildman–Crippen MR) is 92.5 cm³/mol. The van der Waals surface area contributed by atoms with Crippen molar-refractivity contribution in [1.82, 2.24) is 10.2 Å². The van der Waals surface area contributed by atoms with Gasteiger partial charge in [0.05, 0.1) is 5.92 Å². The van der Waals surface area contributed by atoms with Crippen LogP contribution in [0.2, 0.25) is 0 Å². The molecule has 0 fully saturated rings. The number of nitrogens with zero attached hydrogens (tertiary/aromatic N) is 2. The fourth-order valence-corrected chi connectivity index (χ4v) is 3.11. The quantitative estimate of drug-likeness (QED) is 0.785. The number of aromatic nitrogens is 2. The monoisotopic (exact) mass is 386 g/mol. The lowest BCUT2D eigenvalue weighted by Gasteiger charge is -2.25. The molecule has 6 nitrogen and oxygen atoms in total. The Labute approximate surface area is 147 Å². The zero-order valence-corrected chi connectivity index (χ0v) is 14.6. The molecular formula is C17H15BrN4O2. The Hall–Kier alpha value is -2.72. The molecule has 1 aromatic carbocycles. The molecule has 0 aliphatic carbocycles. The van der Waals surface area contributed by atoms with E-state index >= 15 is 0 Å². The van der Waals surface area contributed by atoms with Crippen LogP contribution in [0.4, 0.5) is 0 Å². The second-order valence-electron chi connectivity index (χ2n) is 5.27. The number of aromatic amines is 1. The number of nitrogens with one attached hydrogen (secondary N) is 1. The highest BCUT2D eigenvalue weighted by molar-refractivity contribution is 9.10. The molecule has 24 heavy (non-hydrogen) atoms. The maximum atomic E-state index is 9.62. The Kier molecular flexibility index (Phi) is 4.32. The third kappa shape index (κ3) is 2.65. The molecule has 0 spiro atoms. The van der Waals surface area contributed by atoms with Crippen LogP contribution in [-0.2, 0) is 0 Å². The van der Waals surface area contributed by atoms with Crippen LogP contribution >= 0.6 is 15.9 Å². The van der Waals surface area contributed by atoms with Gasteiger partial charge < -0.3 is 15.2 Å². The van der Waals surface area contributed by atoms with Gasteiger partial charge in [0.25, 0.3) is 0 Å². The average molecular weight is 387 g/mol. The summed E-state index contributed by atoms with van der Waals surface area (Å²) in [5.74, 6) is 0.659. The van der Waals surface area contributed by atoms with Crippen LogP contribution in [-0.4, -0.2) is 16.8 Å². The number of H-pyrrole nitrogens is 1. The van der Waals surface area contributed by atoms with Gasteiger partial charge in [-0.15, -0.1) is 5.10 Å². The van der Waals surface area contributed by atoms with Crippen molar-refractivity contribution in [3.63, 3.8) is 0 Å². The van der Waals surface area contributed by atoms with Crippen LogP contribution in [0.1, 0.15) is 22.7 Å². The molecule has 2 aromatic rings. The minimum atomic E-state index is -0.421. The number of nitrogens with two attached hydrogens (primary N) is 1. The summed E-state index contributed by atoms with van der Waals surface area (Å²) >= 11 is 3.48. The number of benzene rings is 1. The standard InChI is InChI=1S/C17H15BrN4O2/c1-3-6-23-13-5-4-10(18)7-11(13)15-12(8-19)16(20)24-17-14(15)9(2)21-22-17/h3-5,7,15H,1,6,20H2,2H3,(H,21,22)/t15-/m1/s1. The molecule has 3 N–H and O–H groups in total. The topological polar surface area (TPSA) is 96.9 Å². The molecule has 0 saturated carbocycles. The van der Waals surface area contributed by atoms with Gasteiger partial charge in [-0.05, 0) is 25.1 Å². The summed E-state index contributed by atoms with van der Waals surface area (Å²) in [4.78, 5) is 0. The number of nitriles is 1. The van der Waals surface area contributed by atoms with E-state index in [1.165, 1.54) is 0 Å². The van der Waals surface area contributed by atoms with Crippen LogP contribution in [0, 0.1) is 18.3 Å². The minimum Gasteiger partial charge on any atom is -0.489 e. The van der Waals surface area contributed by atoms with Crippen molar-refractivity contribution in [2.45, 2.75) is 12.8 Å². The number of hydrogen-bond donors (Lipinski definition) is 2. The summed E-state index contributed by atoms with van der Waals surface area (Å²) < 4.78 is 12.1. The van der Waals surface area contributed by atoms with Crippen molar-refractivity contribution in [2.75, 3.05) is 6.61 Å². The Morgan fingerprint density at radius 1 is 1.58 bits per heavy atom. The van der Waals surface area contributed by atoms with Crippen molar-refractivity contribution in [3.8, 4) is 17.7 Å². The van der Waals surface area contributed by atoms with Gasteiger partial charge in [0.1, 0.15) is 24.0 Å². The van der Waals surface area contributed by atoms with Gasteiger partial charge in [-0.1, -0.05) is 28.6 Å². The lowest BCUT2D eigenvalue weighted by atomic mass is 9.83. The number of rotatable bonds is 4. The van der Waals surface area contributed by atoms with Gasteiger partial charge in [-0.25, -0.2) is 0 Å². The second-order valence-corrected chi connectivity index (χ2v) is 6.19. The number of hydrogen-bond acceptors (Lipinski definition) is 5. The Morgan fingerprint density at radius 2 is 2.38 bits per heavy atom. The van der Waals surface area contributed by atoms with E-state index in [-0.39, 0.29) is 5.88 Å². The highest BCUT2D eigenvalue weighted by Crippen LogP contribution is 2.45. The zero-order valence-electron chi connectivity index (χ0n) is 13.0. The lowest BCUT2D eigenvalue weighted by molar-refractivity contribution is 0.354. The van der Waals surface area contributed by atoms with E-state index < -0.39 is 5.92 Å². The molecular weight excluding hydrogens is 372 g/mol. The fourth-order valence-electron chi connectivity index (χ4n) is 2.73. The first-order valence-electron chi connectivity index (χ1n) is 7.22. The predicted octanol–water partition coefficient (Wildman–Crippen LogP) is 3.26. The van der Waals surface area contributed by atoms with Crippen molar-refractivity contribution < 1.29 is 9.47 Å². The van der Waals surface area contributed by atoms with Gasteiger partial charge in [0.2, 0.25) is 11.8 Å². The molecule has 122 valence electrons. The maximum Gasteiger partial charge on any atom is 0.244 e. The first-order chi connectivity index (χ1) is 11.6. The first-order valence-corrected chi connectivity index (χ1v) is 8.01. The minimum absolute atomic E-state index is 0.0520. The normalized spacial score (nSPS) is 16.1. The molecule has 0 amide bonds. The van der Waals surface area contributed by atoms with Crippen molar-refractivity contribution >= 4 is 15.9 Å². The van der Waals surface area contributed by atoms with Crippen LogP contribution in [0.15, 0.2) is 46.8 Å². The van der Waals surface area contributed by atoms with Crippen LogP contribution < -0.4 is 15.2 Å². The van der Waals surface area contributed by atoms with E-state index in [0.717, 1.165) is 21.3 Å². The Bertz CT molecular complexity index is 879. The van der Waals surface area contributed by atoms with Crippen molar-refractivity contribution in [2.24, 2.45) is 5.73 Å². The van der Waals surface area contributed by atoms with Gasteiger partial charge in [0.15, 0.2) is 0 Å². The van der Waals surface area contributed by atoms with Gasteiger partial charge in [-0.2, -0.15) is 5.26 Å². The Balaban J connectivity index is 2.23. The van der Waals surface area contributed by atoms with Crippen LogP contribution in [0.3, 0.4) is 0 Å². The first kappa shape index (κ1) is 16.1. The van der Waals surface area contributed by atoms with Crippen LogP contribution in [0.5, 0.6) is 11.6 Å². The number of aryl methyl sites for hydroxylation is 1. The summed E-state index contributed by atoms with van der Waals surface area (Å²) in [7, 11) is 0. The van der Waals surface area contributed by atoms with E-state index in [1.807, 2.05) is 25.1 Å². The number of allylic oxidation sites excluding steroid dienone is 1. The fraction of sp³-hybridized carbons (Fsp3) is 0.176. The second kappa shape index (κ2) is 6.42. The summed E-state index contributed by atoms with van der Waals surface area (Å²) in [5.41, 5.74) is 8.66. The molecule has 1 aromatic heterocycles. The third-order valence-electron chi connectivity index (χ3n) is 3.77. The molecule has 0 saturated heterocycles. The van der Waals surface area contributed by atoms with Crippen LogP contribution in [0.25, 0.3) is 0 Å². The largest absolute Gasteiger partial charge is 0.489 e. The van der Waals surface area contributed by atoms with E-state index in [4.69, 9.17) is 15.2 Å². The van der Waals surface area contributed by atoms with Crippen molar-refractivity contribution in [3.05, 3.63) is 63.6 Å².